The molecule has 0 spiro atoms. The molecule has 0 amide bonds. The minimum atomic E-state index is -1.62. The van der Waals surface area contributed by atoms with Crippen LogP contribution < -0.4 is 5.11 Å². The summed E-state index contributed by atoms with van der Waals surface area (Å²) in [5, 5.41) is 11.7. The van der Waals surface area contributed by atoms with Crippen molar-refractivity contribution in [2.75, 3.05) is 47.5 Å². The van der Waals surface area contributed by atoms with E-state index in [1.165, 1.54) is 141 Å². The molecule has 0 aromatic carbocycles. The number of carbonyl (C=O) groups is 3. The van der Waals surface area contributed by atoms with Crippen LogP contribution in [-0.2, 0) is 33.3 Å². The van der Waals surface area contributed by atoms with Crippen molar-refractivity contribution >= 4 is 17.9 Å². The number of likely N-dealkylation sites (N-methyl/N-ethyl adjacent to an activating group) is 1. The molecule has 0 fully saturated rings. The average molecular weight is 890 g/mol. The van der Waals surface area contributed by atoms with Gasteiger partial charge in [-0.15, -0.1) is 0 Å². The maximum atomic E-state index is 12.8. The zero-order valence-corrected chi connectivity index (χ0v) is 41.7. The summed E-state index contributed by atoms with van der Waals surface area (Å²) < 4.78 is 22.6. The number of allylic oxidation sites excluding steroid dienone is 6. The Morgan fingerprint density at radius 1 is 0.476 bits per heavy atom. The van der Waals surface area contributed by atoms with E-state index in [-0.39, 0.29) is 38.6 Å². The summed E-state index contributed by atoms with van der Waals surface area (Å²) in [6.07, 6.45) is 50.4. The van der Waals surface area contributed by atoms with Gasteiger partial charge in [0.15, 0.2) is 12.4 Å². The fourth-order valence-electron chi connectivity index (χ4n) is 7.27. The van der Waals surface area contributed by atoms with E-state index in [4.69, 9.17) is 18.9 Å². The van der Waals surface area contributed by atoms with Gasteiger partial charge in [-0.25, -0.2) is 0 Å². The first-order valence-electron chi connectivity index (χ1n) is 26.1. The molecule has 2 unspecified atom stereocenters. The Morgan fingerprint density at radius 3 is 1.30 bits per heavy atom. The molecule has 9 nitrogen and oxygen atoms in total. The maximum absolute atomic E-state index is 12.8. The molecule has 0 aliphatic heterocycles. The van der Waals surface area contributed by atoms with Crippen LogP contribution in [0.4, 0.5) is 0 Å². The summed E-state index contributed by atoms with van der Waals surface area (Å²) in [5.74, 6) is -2.30. The van der Waals surface area contributed by atoms with Crippen LogP contribution in [0.15, 0.2) is 36.5 Å². The molecule has 9 heteroatoms. The highest BCUT2D eigenvalue weighted by molar-refractivity contribution is 5.70. The number of carboxylic acid groups (broad SMARTS) is 1. The van der Waals surface area contributed by atoms with Gasteiger partial charge < -0.3 is 33.3 Å². The Morgan fingerprint density at radius 2 is 0.857 bits per heavy atom. The van der Waals surface area contributed by atoms with Crippen molar-refractivity contribution in [3.05, 3.63) is 36.5 Å². The molecule has 0 aromatic rings. The van der Waals surface area contributed by atoms with Crippen molar-refractivity contribution in [1.82, 2.24) is 0 Å². The molecule has 0 N–H and O–H groups in total. The third-order valence-corrected chi connectivity index (χ3v) is 11.4. The van der Waals surface area contributed by atoms with Gasteiger partial charge in [-0.05, 0) is 70.6 Å². The molecule has 0 aliphatic carbocycles. The Hall–Kier alpha value is -2.49. The fraction of sp³-hybridized carbons (Fsp3) is 0.833. The summed E-state index contributed by atoms with van der Waals surface area (Å²) in [7, 11) is 5.91. The lowest BCUT2D eigenvalue weighted by atomic mass is 10.0. The predicted molar refractivity (Wildman–Crippen MR) is 260 cm³/mol. The molecule has 0 saturated carbocycles. The van der Waals surface area contributed by atoms with E-state index >= 15 is 0 Å². The molecule has 0 heterocycles. The summed E-state index contributed by atoms with van der Waals surface area (Å²) in [4.78, 5) is 37.1. The summed E-state index contributed by atoms with van der Waals surface area (Å²) in [6, 6.07) is 0. The molecule has 0 radical (unpaired) electrons. The van der Waals surface area contributed by atoms with Crippen molar-refractivity contribution in [1.29, 1.82) is 0 Å². The number of unbranched alkanes of at least 4 members (excludes halogenated alkanes) is 27. The number of esters is 2. The van der Waals surface area contributed by atoms with E-state index in [0.29, 0.717) is 17.4 Å². The van der Waals surface area contributed by atoms with Crippen molar-refractivity contribution < 1.29 is 42.9 Å². The standard InChI is InChI=1S/C54H99NO8/c1-6-8-10-12-14-16-18-20-22-23-24-25-26-27-28-29-31-32-34-36-38-40-42-44-51(56)61-48-50(49-62-54(53(58)59)60-47-46-55(3,4)5)63-52(57)45-43-41-39-37-35-33-30-21-19-17-15-13-11-9-7-2/h15,17,21,23-24,30,50,54H,6-14,16,18-20,22,25-29,31-49H2,1-5H3/b17-15-,24-23-,30-21-. The summed E-state index contributed by atoms with van der Waals surface area (Å²) in [5.41, 5.74) is 0. The molecular formula is C54H99NO8. The minimum Gasteiger partial charge on any atom is -0.545 e. The first-order valence-corrected chi connectivity index (χ1v) is 26.1. The third-order valence-electron chi connectivity index (χ3n) is 11.4. The quantitative estimate of drug-likeness (QED) is 0.0195. The van der Waals surface area contributed by atoms with Crippen LogP contribution in [0.25, 0.3) is 0 Å². The van der Waals surface area contributed by atoms with Gasteiger partial charge in [-0.3, -0.25) is 9.59 Å². The smallest absolute Gasteiger partial charge is 0.306 e. The highest BCUT2D eigenvalue weighted by Gasteiger charge is 2.22. The number of ether oxygens (including phenoxy) is 4. The Bertz CT molecular complexity index is 1130. The molecule has 0 aromatic heterocycles. The van der Waals surface area contributed by atoms with E-state index in [1.54, 1.807) is 0 Å². The van der Waals surface area contributed by atoms with E-state index < -0.39 is 24.3 Å². The second kappa shape index (κ2) is 46.1. The van der Waals surface area contributed by atoms with Gasteiger partial charge in [0.05, 0.1) is 40.3 Å². The van der Waals surface area contributed by atoms with E-state index in [1.807, 2.05) is 21.1 Å². The highest BCUT2D eigenvalue weighted by Crippen LogP contribution is 2.15. The van der Waals surface area contributed by atoms with Gasteiger partial charge in [0, 0.05) is 12.8 Å². The molecule has 0 saturated heterocycles. The average Bonchev–Trinajstić information content (AvgIpc) is 3.24. The SMILES string of the molecule is CCCCC/C=C\C/C=C\CCCCCCCC(=O)OC(COC(=O)CCCCCCCCCCCCC/C=C\CCCCCCCCCC)COC(OCC[N+](C)(C)C)C(=O)[O-]. The Labute approximate surface area is 388 Å². The van der Waals surface area contributed by atoms with Gasteiger partial charge in [-0.1, -0.05) is 185 Å². The molecule has 0 aliphatic rings. The van der Waals surface area contributed by atoms with Gasteiger partial charge in [0.25, 0.3) is 0 Å². The van der Waals surface area contributed by atoms with Gasteiger partial charge >= 0.3 is 11.9 Å². The number of aliphatic carboxylic acids is 1. The number of nitrogens with zero attached hydrogens (tertiary/aromatic N) is 1. The van der Waals surface area contributed by atoms with Crippen LogP contribution in [0.1, 0.15) is 232 Å². The number of rotatable bonds is 48. The first-order chi connectivity index (χ1) is 30.6. The van der Waals surface area contributed by atoms with Crippen LogP contribution in [-0.4, -0.2) is 82.3 Å². The fourth-order valence-corrected chi connectivity index (χ4v) is 7.27. The third kappa shape index (κ3) is 47.3. The second-order valence-electron chi connectivity index (χ2n) is 18.8. The van der Waals surface area contributed by atoms with Crippen LogP contribution in [0, 0.1) is 0 Å². The van der Waals surface area contributed by atoms with Crippen LogP contribution in [0.3, 0.4) is 0 Å². The van der Waals surface area contributed by atoms with Crippen molar-refractivity contribution in [3.63, 3.8) is 0 Å². The van der Waals surface area contributed by atoms with Crippen LogP contribution in [0.5, 0.6) is 0 Å². The lowest BCUT2D eigenvalue weighted by molar-refractivity contribution is -0.870. The largest absolute Gasteiger partial charge is 0.545 e. The number of carboxylic acids is 1. The van der Waals surface area contributed by atoms with E-state index in [2.05, 4.69) is 50.3 Å². The Kier molecular flexibility index (Phi) is 44.2. The Balaban J connectivity index is 4.28. The van der Waals surface area contributed by atoms with Crippen molar-refractivity contribution in [2.24, 2.45) is 0 Å². The molecular weight excluding hydrogens is 791 g/mol. The lowest BCUT2D eigenvalue weighted by Crippen LogP contribution is -2.44. The molecule has 0 rings (SSSR count). The minimum absolute atomic E-state index is 0.145. The summed E-state index contributed by atoms with van der Waals surface area (Å²) in [6.45, 7) is 4.72. The van der Waals surface area contributed by atoms with Crippen LogP contribution >= 0.6 is 0 Å². The maximum Gasteiger partial charge on any atom is 0.306 e. The highest BCUT2D eigenvalue weighted by atomic mass is 16.7. The zero-order valence-electron chi connectivity index (χ0n) is 41.7. The molecule has 368 valence electrons. The topological polar surface area (TPSA) is 111 Å². The number of hydrogen-bond donors (Lipinski definition) is 0. The predicted octanol–water partition coefficient (Wildman–Crippen LogP) is 13.2. The first kappa shape index (κ1) is 60.5. The second-order valence-corrected chi connectivity index (χ2v) is 18.8. The van der Waals surface area contributed by atoms with Crippen molar-refractivity contribution in [3.8, 4) is 0 Å². The molecule has 63 heavy (non-hydrogen) atoms. The van der Waals surface area contributed by atoms with Gasteiger partial charge in [0.2, 0.25) is 0 Å². The number of quaternary nitrogens is 1. The molecule has 2 atom stereocenters. The monoisotopic (exact) mass is 890 g/mol. The van der Waals surface area contributed by atoms with Crippen LogP contribution in [0.2, 0.25) is 0 Å². The van der Waals surface area contributed by atoms with Gasteiger partial charge in [-0.2, -0.15) is 0 Å². The van der Waals surface area contributed by atoms with Gasteiger partial charge in [0.1, 0.15) is 13.2 Å². The normalized spacial score (nSPS) is 13.1. The zero-order chi connectivity index (χ0) is 46.3. The van der Waals surface area contributed by atoms with E-state index in [0.717, 1.165) is 57.8 Å². The van der Waals surface area contributed by atoms with Crippen molar-refractivity contribution in [2.45, 2.75) is 245 Å². The number of hydrogen-bond acceptors (Lipinski definition) is 8. The molecule has 0 bridgehead atoms. The lowest BCUT2D eigenvalue weighted by Gasteiger charge is -2.26. The summed E-state index contributed by atoms with van der Waals surface area (Å²) >= 11 is 0. The number of carbonyl (C=O) groups excluding carboxylic acids is 3. The van der Waals surface area contributed by atoms with E-state index in [9.17, 15) is 19.5 Å².